The maximum Gasteiger partial charge on any atom is 0.163 e. The summed E-state index contributed by atoms with van der Waals surface area (Å²) in [6.45, 7) is 0.921. The van der Waals surface area contributed by atoms with Crippen molar-refractivity contribution >= 4 is 10.9 Å². The van der Waals surface area contributed by atoms with Crippen molar-refractivity contribution in [1.82, 2.24) is 4.57 Å². The fourth-order valence-electron chi connectivity index (χ4n) is 2.56. The van der Waals surface area contributed by atoms with Crippen LogP contribution in [0, 0.1) is 11.6 Å². The van der Waals surface area contributed by atoms with E-state index in [1.807, 2.05) is 29.0 Å². The molecule has 2 aromatic carbocycles. The van der Waals surface area contributed by atoms with Crippen molar-refractivity contribution < 1.29 is 8.78 Å². The largest absolute Gasteiger partial charge is 0.343 e. The average Bonchev–Trinajstić information content (AvgIpc) is 2.87. The highest BCUT2D eigenvalue weighted by molar-refractivity contribution is 5.81. The molecule has 0 atom stereocenters. The van der Waals surface area contributed by atoms with E-state index in [2.05, 4.69) is 6.07 Å². The summed E-state index contributed by atoms with van der Waals surface area (Å²) in [5, 5.41) is 1.08. The van der Waals surface area contributed by atoms with E-state index in [4.69, 9.17) is 5.73 Å². The Kier molecular flexibility index (Phi) is 3.71. The van der Waals surface area contributed by atoms with Gasteiger partial charge in [-0.05, 0) is 48.2 Å². The number of benzene rings is 2. The summed E-state index contributed by atoms with van der Waals surface area (Å²) in [7, 11) is 0. The van der Waals surface area contributed by atoms with Crippen molar-refractivity contribution in [2.24, 2.45) is 5.73 Å². The van der Waals surface area contributed by atoms with Gasteiger partial charge in [-0.25, -0.2) is 8.78 Å². The van der Waals surface area contributed by atoms with Crippen molar-refractivity contribution in [3.05, 3.63) is 71.4 Å². The van der Waals surface area contributed by atoms with Crippen molar-refractivity contribution in [2.75, 3.05) is 6.54 Å². The molecule has 0 spiro atoms. The van der Waals surface area contributed by atoms with Crippen LogP contribution in [0.5, 0.6) is 0 Å². The van der Waals surface area contributed by atoms with Crippen LogP contribution in [0.2, 0.25) is 0 Å². The van der Waals surface area contributed by atoms with Crippen LogP contribution in [0.1, 0.15) is 11.1 Å². The zero-order chi connectivity index (χ0) is 14.8. The fourth-order valence-corrected chi connectivity index (χ4v) is 2.56. The number of aromatic nitrogens is 1. The predicted octanol–water partition coefficient (Wildman–Crippen LogP) is 3.47. The summed E-state index contributed by atoms with van der Waals surface area (Å²) in [5.41, 5.74) is 8.09. The van der Waals surface area contributed by atoms with E-state index in [0.717, 1.165) is 23.4 Å². The molecule has 0 radical (unpaired) electrons. The monoisotopic (exact) mass is 286 g/mol. The van der Waals surface area contributed by atoms with Gasteiger partial charge >= 0.3 is 0 Å². The van der Waals surface area contributed by atoms with Gasteiger partial charge in [0.1, 0.15) is 0 Å². The van der Waals surface area contributed by atoms with Crippen molar-refractivity contribution in [1.29, 1.82) is 0 Å². The molecule has 3 rings (SSSR count). The maximum absolute atomic E-state index is 13.8. The van der Waals surface area contributed by atoms with E-state index in [0.29, 0.717) is 18.7 Å². The molecule has 1 aromatic heterocycles. The standard InChI is InChI=1S/C17H16F2N2/c18-15-3-1-2-14(17(15)19)11-21-9-7-13-10-12(6-8-20)4-5-16(13)21/h1-5,7,9-10H,6,8,11,20H2. The minimum Gasteiger partial charge on any atom is -0.343 e. The summed E-state index contributed by atoms with van der Waals surface area (Å²) >= 11 is 0. The first-order valence-electron chi connectivity index (χ1n) is 6.90. The number of rotatable bonds is 4. The topological polar surface area (TPSA) is 30.9 Å². The Balaban J connectivity index is 1.96. The summed E-state index contributed by atoms with van der Waals surface area (Å²) in [6.07, 6.45) is 2.72. The summed E-state index contributed by atoms with van der Waals surface area (Å²) in [4.78, 5) is 0. The molecule has 0 aliphatic carbocycles. The molecule has 0 unspecified atom stereocenters. The molecule has 0 aliphatic heterocycles. The predicted molar refractivity (Wildman–Crippen MR) is 80.2 cm³/mol. The minimum absolute atomic E-state index is 0.309. The lowest BCUT2D eigenvalue weighted by molar-refractivity contribution is 0.496. The van der Waals surface area contributed by atoms with E-state index < -0.39 is 11.6 Å². The molecule has 0 fully saturated rings. The van der Waals surface area contributed by atoms with Crippen molar-refractivity contribution in [2.45, 2.75) is 13.0 Å². The molecule has 0 amide bonds. The summed E-state index contributed by atoms with van der Waals surface area (Å²) in [6, 6.07) is 12.3. The Bertz CT molecular complexity index is 778. The third-order valence-corrected chi connectivity index (χ3v) is 3.64. The third kappa shape index (κ3) is 2.67. The highest BCUT2D eigenvalue weighted by Crippen LogP contribution is 2.20. The molecule has 4 heteroatoms. The quantitative estimate of drug-likeness (QED) is 0.782. The Morgan fingerprint density at radius 3 is 2.71 bits per heavy atom. The fraction of sp³-hybridized carbons (Fsp3) is 0.176. The SMILES string of the molecule is NCCc1ccc2c(ccn2Cc2cccc(F)c2F)c1. The molecule has 0 aliphatic rings. The number of hydrogen-bond donors (Lipinski definition) is 1. The van der Waals surface area contributed by atoms with Crippen LogP contribution in [0.4, 0.5) is 8.78 Å². The van der Waals surface area contributed by atoms with E-state index in [1.54, 1.807) is 6.07 Å². The third-order valence-electron chi connectivity index (χ3n) is 3.64. The van der Waals surface area contributed by atoms with Crippen LogP contribution in [0.3, 0.4) is 0 Å². The van der Waals surface area contributed by atoms with Gasteiger partial charge in [-0.1, -0.05) is 18.2 Å². The van der Waals surface area contributed by atoms with Gasteiger partial charge in [-0.15, -0.1) is 0 Å². The normalized spacial score (nSPS) is 11.2. The van der Waals surface area contributed by atoms with E-state index in [9.17, 15) is 8.78 Å². The van der Waals surface area contributed by atoms with Crippen LogP contribution in [0.25, 0.3) is 10.9 Å². The van der Waals surface area contributed by atoms with Crippen molar-refractivity contribution in [3.63, 3.8) is 0 Å². The number of fused-ring (bicyclic) bond motifs is 1. The molecule has 2 nitrogen and oxygen atoms in total. The van der Waals surface area contributed by atoms with Gasteiger partial charge in [-0.3, -0.25) is 0 Å². The van der Waals surface area contributed by atoms with Gasteiger partial charge in [0.15, 0.2) is 11.6 Å². The van der Waals surface area contributed by atoms with Gasteiger partial charge < -0.3 is 10.3 Å². The van der Waals surface area contributed by atoms with Gasteiger partial charge in [0.25, 0.3) is 0 Å². The minimum atomic E-state index is -0.811. The van der Waals surface area contributed by atoms with Gasteiger partial charge in [-0.2, -0.15) is 0 Å². The van der Waals surface area contributed by atoms with Crippen LogP contribution in [-0.2, 0) is 13.0 Å². The first-order valence-corrected chi connectivity index (χ1v) is 6.90. The van der Waals surface area contributed by atoms with Crippen LogP contribution in [0.15, 0.2) is 48.7 Å². The van der Waals surface area contributed by atoms with Gasteiger partial charge in [0, 0.05) is 17.3 Å². The Hall–Kier alpha value is -2.20. The summed E-state index contributed by atoms with van der Waals surface area (Å²) in [5.74, 6) is -1.59. The lowest BCUT2D eigenvalue weighted by atomic mass is 10.1. The molecule has 0 saturated heterocycles. The van der Waals surface area contributed by atoms with Crippen LogP contribution >= 0.6 is 0 Å². The second-order valence-corrected chi connectivity index (χ2v) is 5.09. The molecule has 21 heavy (non-hydrogen) atoms. The number of nitrogens with two attached hydrogens (primary N) is 1. The number of nitrogens with zero attached hydrogens (tertiary/aromatic N) is 1. The Morgan fingerprint density at radius 1 is 1.05 bits per heavy atom. The average molecular weight is 286 g/mol. The zero-order valence-electron chi connectivity index (χ0n) is 11.5. The van der Waals surface area contributed by atoms with Crippen molar-refractivity contribution in [3.8, 4) is 0 Å². The molecule has 0 bridgehead atoms. The molecule has 3 aromatic rings. The van der Waals surface area contributed by atoms with Gasteiger partial charge in [0.05, 0.1) is 6.54 Å². The Morgan fingerprint density at radius 2 is 1.90 bits per heavy atom. The Labute approximate surface area is 121 Å². The van der Waals surface area contributed by atoms with E-state index >= 15 is 0 Å². The molecule has 0 saturated carbocycles. The van der Waals surface area contributed by atoms with Crippen LogP contribution < -0.4 is 5.73 Å². The highest BCUT2D eigenvalue weighted by atomic mass is 19.2. The molecule has 108 valence electrons. The maximum atomic E-state index is 13.8. The summed E-state index contributed by atoms with van der Waals surface area (Å²) < 4.78 is 28.9. The molecular weight excluding hydrogens is 270 g/mol. The van der Waals surface area contributed by atoms with Gasteiger partial charge in [0.2, 0.25) is 0 Å². The number of hydrogen-bond acceptors (Lipinski definition) is 1. The second-order valence-electron chi connectivity index (χ2n) is 5.09. The lowest BCUT2D eigenvalue weighted by Crippen LogP contribution is -2.03. The molecular formula is C17H16F2N2. The lowest BCUT2D eigenvalue weighted by Gasteiger charge is -2.08. The first-order chi connectivity index (χ1) is 10.2. The smallest absolute Gasteiger partial charge is 0.163 e. The second kappa shape index (κ2) is 5.66. The zero-order valence-corrected chi connectivity index (χ0v) is 11.5. The first kappa shape index (κ1) is 13.8. The molecule has 1 heterocycles. The van der Waals surface area contributed by atoms with E-state index in [-0.39, 0.29) is 0 Å². The van der Waals surface area contributed by atoms with E-state index in [1.165, 1.54) is 11.6 Å². The molecule has 2 N–H and O–H groups in total. The van der Waals surface area contributed by atoms with Crippen LogP contribution in [-0.4, -0.2) is 11.1 Å². The number of halogens is 2. The highest BCUT2D eigenvalue weighted by Gasteiger charge is 2.09.